The molecule has 1 aliphatic heterocycles. The van der Waals surface area contributed by atoms with Gasteiger partial charge in [-0.25, -0.2) is 0 Å². The van der Waals surface area contributed by atoms with E-state index < -0.39 is 4.75 Å². The van der Waals surface area contributed by atoms with Crippen LogP contribution in [0.5, 0.6) is 0 Å². The number of para-hydroxylation sites is 2. The highest BCUT2D eigenvalue weighted by atomic mass is 79.9. The van der Waals surface area contributed by atoms with Gasteiger partial charge in [-0.15, -0.1) is 0 Å². The number of halogens is 1. The molecule has 2 aromatic rings. The minimum absolute atomic E-state index is 0.196. The van der Waals surface area contributed by atoms with Crippen LogP contribution in [0.4, 0.5) is 11.4 Å². The molecule has 0 aliphatic carbocycles. The van der Waals surface area contributed by atoms with Gasteiger partial charge in [-0.05, 0) is 54.0 Å². The van der Waals surface area contributed by atoms with Crippen molar-refractivity contribution in [3.8, 4) is 0 Å². The van der Waals surface area contributed by atoms with Crippen molar-refractivity contribution in [2.24, 2.45) is 0 Å². The highest BCUT2D eigenvalue weighted by Gasteiger charge is 2.48. The Labute approximate surface area is 153 Å². The van der Waals surface area contributed by atoms with Crippen molar-refractivity contribution in [3.63, 3.8) is 0 Å². The second kappa shape index (κ2) is 6.61. The van der Waals surface area contributed by atoms with Crippen LogP contribution in [0.2, 0.25) is 0 Å². The molecule has 1 atom stereocenters. The van der Waals surface area contributed by atoms with Gasteiger partial charge in [-0.2, -0.15) is 0 Å². The van der Waals surface area contributed by atoms with E-state index in [0.29, 0.717) is 12.2 Å². The summed E-state index contributed by atoms with van der Waals surface area (Å²) in [5.41, 5.74) is 1.51. The number of thioether (sulfide) groups is 1. The van der Waals surface area contributed by atoms with Gasteiger partial charge in [0.05, 0.1) is 11.4 Å². The van der Waals surface area contributed by atoms with Crippen LogP contribution in [0.15, 0.2) is 57.9 Å². The van der Waals surface area contributed by atoms with Gasteiger partial charge in [-0.1, -0.05) is 36.0 Å². The number of nitrogens with zero attached hydrogens (tertiary/aromatic N) is 1. The number of hydrogen-bond acceptors (Lipinski definition) is 3. The molecule has 4 nitrogen and oxygen atoms in total. The fourth-order valence-corrected chi connectivity index (χ4v) is 4.25. The quantitative estimate of drug-likeness (QED) is 0.775. The number of fused-ring (bicyclic) bond motifs is 1. The average molecular weight is 405 g/mol. The molecule has 6 heteroatoms. The molecule has 0 spiro atoms. The lowest BCUT2D eigenvalue weighted by Crippen LogP contribution is -2.54. The van der Waals surface area contributed by atoms with Crippen molar-refractivity contribution in [3.05, 3.63) is 53.0 Å². The smallest absolute Gasteiger partial charge is 0.252 e. The van der Waals surface area contributed by atoms with Crippen LogP contribution in [0.3, 0.4) is 0 Å². The van der Waals surface area contributed by atoms with Gasteiger partial charge in [0.1, 0.15) is 0 Å². The Morgan fingerprint density at radius 3 is 2.58 bits per heavy atom. The number of benzene rings is 2. The Kier molecular flexibility index (Phi) is 4.69. The molecule has 24 heavy (non-hydrogen) atoms. The number of carbonyl (C=O) groups is 2. The summed E-state index contributed by atoms with van der Waals surface area (Å²) < 4.78 is -0.428. The monoisotopic (exact) mass is 404 g/mol. The molecule has 0 saturated heterocycles. The molecule has 1 aliphatic rings. The van der Waals surface area contributed by atoms with Crippen molar-refractivity contribution >= 4 is 50.9 Å². The van der Waals surface area contributed by atoms with Gasteiger partial charge >= 0.3 is 0 Å². The highest BCUT2D eigenvalue weighted by Crippen LogP contribution is 2.45. The molecule has 0 fully saturated rings. The van der Waals surface area contributed by atoms with Gasteiger partial charge in [0.2, 0.25) is 5.91 Å². The molecule has 2 aromatic carbocycles. The first-order chi connectivity index (χ1) is 11.5. The van der Waals surface area contributed by atoms with Gasteiger partial charge in [0.15, 0.2) is 4.75 Å². The summed E-state index contributed by atoms with van der Waals surface area (Å²) in [7, 11) is 0. The number of hydrogen-bond donors (Lipinski definition) is 1. The fraction of sp³-hybridized carbons (Fsp3) is 0.222. The molecular formula is C18H17BrN2O2S. The Morgan fingerprint density at radius 1 is 1.21 bits per heavy atom. The Bertz CT molecular complexity index is 811. The minimum atomic E-state index is -1.21. The molecular weight excluding hydrogens is 388 g/mol. The molecule has 0 saturated carbocycles. The molecule has 1 N–H and O–H groups in total. The van der Waals surface area contributed by atoms with E-state index in [1.807, 2.05) is 49.4 Å². The van der Waals surface area contributed by atoms with Crippen LogP contribution in [-0.2, 0) is 9.59 Å². The Balaban J connectivity index is 1.96. The van der Waals surface area contributed by atoms with Crippen LogP contribution in [-0.4, -0.2) is 23.1 Å². The van der Waals surface area contributed by atoms with Crippen molar-refractivity contribution in [1.82, 2.24) is 0 Å². The number of carbonyl (C=O) groups excluding carboxylic acids is 2. The van der Waals surface area contributed by atoms with Gasteiger partial charge < -0.3 is 10.2 Å². The maximum absolute atomic E-state index is 13.0. The van der Waals surface area contributed by atoms with E-state index in [0.717, 1.165) is 15.1 Å². The zero-order valence-corrected chi connectivity index (χ0v) is 15.8. The first kappa shape index (κ1) is 17.0. The number of anilines is 2. The van der Waals surface area contributed by atoms with E-state index in [-0.39, 0.29) is 11.8 Å². The third-order valence-electron chi connectivity index (χ3n) is 3.99. The van der Waals surface area contributed by atoms with E-state index in [1.165, 1.54) is 11.8 Å². The summed E-state index contributed by atoms with van der Waals surface area (Å²) in [4.78, 5) is 28.5. The van der Waals surface area contributed by atoms with Crippen LogP contribution < -0.4 is 10.2 Å². The Morgan fingerprint density at radius 2 is 1.88 bits per heavy atom. The molecule has 2 amide bonds. The van der Waals surface area contributed by atoms with Crippen LogP contribution >= 0.6 is 27.7 Å². The predicted octanol–water partition coefficient (Wildman–Crippen LogP) is 4.31. The van der Waals surface area contributed by atoms with Crippen LogP contribution in [0.25, 0.3) is 0 Å². The second-order valence-electron chi connectivity index (χ2n) is 5.59. The van der Waals surface area contributed by atoms with Crippen molar-refractivity contribution in [2.75, 3.05) is 16.8 Å². The fourth-order valence-electron chi connectivity index (χ4n) is 2.66. The van der Waals surface area contributed by atoms with E-state index >= 15 is 0 Å². The lowest BCUT2D eigenvalue weighted by Gasteiger charge is -2.38. The zero-order valence-electron chi connectivity index (χ0n) is 13.4. The normalized spacial score (nSPS) is 19.8. The zero-order chi connectivity index (χ0) is 17.3. The maximum atomic E-state index is 13.0. The molecule has 124 valence electrons. The SMILES string of the molecule is CCN1C(=O)C(C)(C(=O)Nc2ccccc2Br)Sc2ccccc21. The van der Waals surface area contributed by atoms with Gasteiger partial charge in [0.25, 0.3) is 5.91 Å². The molecule has 3 rings (SSSR count). The molecule has 0 radical (unpaired) electrons. The summed E-state index contributed by atoms with van der Waals surface area (Å²) in [6.07, 6.45) is 0. The summed E-state index contributed by atoms with van der Waals surface area (Å²) in [6, 6.07) is 15.0. The summed E-state index contributed by atoms with van der Waals surface area (Å²) >= 11 is 4.72. The molecule has 1 heterocycles. The van der Waals surface area contributed by atoms with Gasteiger partial charge in [0, 0.05) is 15.9 Å². The van der Waals surface area contributed by atoms with Crippen molar-refractivity contribution < 1.29 is 9.59 Å². The van der Waals surface area contributed by atoms with E-state index in [4.69, 9.17) is 0 Å². The number of amides is 2. The largest absolute Gasteiger partial charge is 0.323 e. The van der Waals surface area contributed by atoms with E-state index in [1.54, 1.807) is 17.9 Å². The van der Waals surface area contributed by atoms with Gasteiger partial charge in [-0.3, -0.25) is 9.59 Å². The summed E-state index contributed by atoms with van der Waals surface area (Å²) in [6.45, 7) is 4.12. The van der Waals surface area contributed by atoms with E-state index in [2.05, 4.69) is 21.2 Å². The Hall–Kier alpha value is -1.79. The first-order valence-corrected chi connectivity index (χ1v) is 9.24. The molecule has 1 unspecified atom stereocenters. The highest BCUT2D eigenvalue weighted by molar-refractivity contribution is 9.10. The minimum Gasteiger partial charge on any atom is -0.323 e. The summed E-state index contributed by atoms with van der Waals surface area (Å²) in [5, 5.41) is 2.87. The van der Waals surface area contributed by atoms with Crippen molar-refractivity contribution in [2.45, 2.75) is 23.5 Å². The standard InChI is InChI=1S/C18H17BrN2O2S/c1-3-21-14-10-6-7-11-15(14)24-18(2,17(21)23)16(22)20-13-9-5-4-8-12(13)19/h4-11H,3H2,1-2H3,(H,20,22). The summed E-state index contributed by atoms with van der Waals surface area (Å²) in [5.74, 6) is -0.518. The topological polar surface area (TPSA) is 49.4 Å². The maximum Gasteiger partial charge on any atom is 0.252 e. The second-order valence-corrected chi connectivity index (χ2v) is 7.90. The van der Waals surface area contributed by atoms with Crippen LogP contribution in [0.1, 0.15) is 13.8 Å². The lowest BCUT2D eigenvalue weighted by atomic mass is 10.1. The molecule has 0 aromatic heterocycles. The van der Waals surface area contributed by atoms with Crippen molar-refractivity contribution in [1.29, 1.82) is 0 Å². The van der Waals surface area contributed by atoms with Crippen LogP contribution in [0, 0.1) is 0 Å². The number of rotatable bonds is 3. The van der Waals surface area contributed by atoms with E-state index in [9.17, 15) is 9.59 Å². The lowest BCUT2D eigenvalue weighted by molar-refractivity contribution is -0.128. The average Bonchev–Trinajstić information content (AvgIpc) is 2.58. The third-order valence-corrected chi connectivity index (χ3v) is 6.02. The predicted molar refractivity (Wildman–Crippen MR) is 102 cm³/mol. The number of nitrogens with one attached hydrogen (secondary N) is 1. The molecule has 0 bridgehead atoms. The first-order valence-electron chi connectivity index (χ1n) is 7.63. The third kappa shape index (κ3) is 2.84.